The second-order valence-electron chi connectivity index (χ2n) is 3.09. The monoisotopic (exact) mass is 192 g/mol. The summed E-state index contributed by atoms with van der Waals surface area (Å²) in [6, 6.07) is 3.31. The second kappa shape index (κ2) is 3.65. The molecule has 0 saturated carbocycles. The first kappa shape index (κ1) is 8.98. The highest BCUT2D eigenvalue weighted by atomic mass is 16.3. The lowest BCUT2D eigenvalue weighted by Gasteiger charge is -2.17. The van der Waals surface area contributed by atoms with E-state index in [-0.39, 0.29) is 11.9 Å². The van der Waals surface area contributed by atoms with E-state index in [1.54, 1.807) is 23.3 Å². The number of pyridine rings is 1. The molecule has 2 heterocycles. The average Bonchev–Trinajstić information content (AvgIpc) is 2.56. The van der Waals surface area contributed by atoms with Crippen LogP contribution >= 0.6 is 0 Å². The molecule has 0 aliphatic carbocycles. The van der Waals surface area contributed by atoms with Crippen LogP contribution in [0.1, 0.15) is 5.69 Å². The fourth-order valence-corrected chi connectivity index (χ4v) is 1.29. The summed E-state index contributed by atoms with van der Waals surface area (Å²) in [7, 11) is 0. The summed E-state index contributed by atoms with van der Waals surface area (Å²) in [5.74, 6) is 0.197. The highest BCUT2D eigenvalue weighted by Crippen LogP contribution is 2.15. The SMILES string of the molecule is NC1C=CN(Cc2ncccc2O)N1. The predicted molar refractivity (Wildman–Crippen MR) is 51.7 cm³/mol. The van der Waals surface area contributed by atoms with Gasteiger partial charge in [-0.25, -0.2) is 5.43 Å². The second-order valence-corrected chi connectivity index (χ2v) is 3.09. The molecule has 0 bridgehead atoms. The summed E-state index contributed by atoms with van der Waals surface area (Å²) >= 11 is 0. The molecule has 2 rings (SSSR count). The molecule has 0 amide bonds. The summed E-state index contributed by atoms with van der Waals surface area (Å²) in [4.78, 5) is 4.06. The summed E-state index contributed by atoms with van der Waals surface area (Å²) in [5, 5.41) is 11.2. The van der Waals surface area contributed by atoms with E-state index in [0.29, 0.717) is 12.2 Å². The van der Waals surface area contributed by atoms with E-state index in [0.717, 1.165) is 0 Å². The lowest BCUT2D eigenvalue weighted by atomic mass is 10.3. The molecule has 4 N–H and O–H groups in total. The number of nitrogens with zero attached hydrogens (tertiary/aromatic N) is 2. The molecule has 14 heavy (non-hydrogen) atoms. The fraction of sp³-hybridized carbons (Fsp3) is 0.222. The highest BCUT2D eigenvalue weighted by Gasteiger charge is 2.12. The van der Waals surface area contributed by atoms with Crippen LogP contribution in [0.25, 0.3) is 0 Å². The molecule has 1 atom stereocenters. The maximum atomic E-state index is 9.46. The van der Waals surface area contributed by atoms with Gasteiger partial charge in [-0.1, -0.05) is 0 Å². The van der Waals surface area contributed by atoms with Crippen molar-refractivity contribution in [1.29, 1.82) is 0 Å². The van der Waals surface area contributed by atoms with E-state index in [4.69, 9.17) is 5.73 Å². The average molecular weight is 192 g/mol. The van der Waals surface area contributed by atoms with Gasteiger partial charge in [0.2, 0.25) is 0 Å². The van der Waals surface area contributed by atoms with Gasteiger partial charge >= 0.3 is 0 Å². The Labute approximate surface area is 81.8 Å². The summed E-state index contributed by atoms with van der Waals surface area (Å²) in [6.45, 7) is 0.497. The molecule has 0 spiro atoms. The van der Waals surface area contributed by atoms with Crippen molar-refractivity contribution in [3.05, 3.63) is 36.3 Å². The summed E-state index contributed by atoms with van der Waals surface area (Å²) < 4.78 is 0. The third-order valence-corrected chi connectivity index (χ3v) is 1.97. The Morgan fingerprint density at radius 1 is 1.64 bits per heavy atom. The molecular formula is C9H12N4O. The van der Waals surface area contributed by atoms with Crippen molar-refractivity contribution in [3.8, 4) is 5.75 Å². The van der Waals surface area contributed by atoms with Crippen LogP contribution in [-0.2, 0) is 6.54 Å². The lowest BCUT2D eigenvalue weighted by molar-refractivity contribution is 0.261. The van der Waals surface area contributed by atoms with E-state index in [1.165, 1.54) is 0 Å². The molecule has 0 radical (unpaired) electrons. The van der Waals surface area contributed by atoms with Gasteiger partial charge in [0, 0.05) is 12.4 Å². The van der Waals surface area contributed by atoms with E-state index in [2.05, 4.69) is 10.4 Å². The molecule has 1 aliphatic rings. The topological polar surface area (TPSA) is 74.4 Å². The van der Waals surface area contributed by atoms with Gasteiger partial charge in [-0.2, -0.15) is 0 Å². The molecule has 0 fully saturated rings. The number of hydrogen-bond donors (Lipinski definition) is 3. The number of aromatic nitrogens is 1. The van der Waals surface area contributed by atoms with Crippen molar-refractivity contribution in [2.75, 3.05) is 0 Å². The molecule has 5 nitrogen and oxygen atoms in total. The molecule has 0 saturated heterocycles. The van der Waals surface area contributed by atoms with Crippen LogP contribution in [0, 0.1) is 0 Å². The van der Waals surface area contributed by atoms with Gasteiger partial charge in [0.05, 0.1) is 12.7 Å². The smallest absolute Gasteiger partial charge is 0.138 e. The van der Waals surface area contributed by atoms with Gasteiger partial charge in [0.25, 0.3) is 0 Å². The van der Waals surface area contributed by atoms with Gasteiger partial charge in [-0.05, 0) is 18.2 Å². The van der Waals surface area contributed by atoms with E-state index in [1.807, 2.05) is 12.3 Å². The van der Waals surface area contributed by atoms with E-state index < -0.39 is 0 Å². The van der Waals surface area contributed by atoms with Crippen molar-refractivity contribution < 1.29 is 5.11 Å². The third kappa shape index (κ3) is 1.84. The Balaban J connectivity index is 2.05. The van der Waals surface area contributed by atoms with Crippen LogP contribution in [-0.4, -0.2) is 21.3 Å². The van der Waals surface area contributed by atoms with Gasteiger partial charge in [-0.3, -0.25) is 4.98 Å². The van der Waals surface area contributed by atoms with Crippen molar-refractivity contribution in [2.24, 2.45) is 5.73 Å². The molecule has 74 valence electrons. The third-order valence-electron chi connectivity index (χ3n) is 1.97. The Hall–Kier alpha value is -1.59. The largest absolute Gasteiger partial charge is 0.506 e. The number of nitrogens with one attached hydrogen (secondary N) is 1. The van der Waals surface area contributed by atoms with Crippen LogP contribution in [0.15, 0.2) is 30.6 Å². The zero-order valence-electron chi connectivity index (χ0n) is 7.59. The zero-order chi connectivity index (χ0) is 9.97. The molecule has 1 aliphatic heterocycles. The zero-order valence-corrected chi connectivity index (χ0v) is 7.59. The molecular weight excluding hydrogens is 180 g/mol. The number of hydrogen-bond acceptors (Lipinski definition) is 5. The maximum absolute atomic E-state index is 9.46. The fourth-order valence-electron chi connectivity index (χ4n) is 1.29. The Bertz CT molecular complexity index is 352. The first-order valence-corrected chi connectivity index (χ1v) is 4.35. The standard InChI is InChI=1S/C9H12N4O/c10-9-3-5-13(12-9)6-7-8(14)2-1-4-11-7/h1-5,9,12,14H,6,10H2. The predicted octanol–water partition coefficient (Wildman–Crippen LogP) is -0.0941. The maximum Gasteiger partial charge on any atom is 0.138 e. The quantitative estimate of drug-likeness (QED) is 0.610. The molecule has 5 heteroatoms. The van der Waals surface area contributed by atoms with Crippen molar-refractivity contribution in [3.63, 3.8) is 0 Å². The van der Waals surface area contributed by atoms with Crippen LogP contribution in [0.5, 0.6) is 5.75 Å². The van der Waals surface area contributed by atoms with Gasteiger partial charge in [-0.15, -0.1) is 0 Å². The van der Waals surface area contributed by atoms with Gasteiger partial charge < -0.3 is 15.8 Å². The molecule has 1 aromatic heterocycles. The Kier molecular flexibility index (Phi) is 2.34. The van der Waals surface area contributed by atoms with E-state index in [9.17, 15) is 5.11 Å². The lowest BCUT2D eigenvalue weighted by Crippen LogP contribution is -2.40. The van der Waals surface area contributed by atoms with Crippen molar-refractivity contribution in [2.45, 2.75) is 12.7 Å². The van der Waals surface area contributed by atoms with Gasteiger partial charge in [0.15, 0.2) is 0 Å². The molecule has 1 unspecified atom stereocenters. The minimum Gasteiger partial charge on any atom is -0.506 e. The summed E-state index contributed by atoms with van der Waals surface area (Å²) in [5.41, 5.74) is 9.20. The molecule has 0 aromatic carbocycles. The number of aromatic hydroxyl groups is 1. The number of hydrazine groups is 1. The first-order chi connectivity index (χ1) is 6.75. The minimum atomic E-state index is -0.152. The highest BCUT2D eigenvalue weighted by molar-refractivity contribution is 5.25. The molecule has 1 aromatic rings. The van der Waals surface area contributed by atoms with Crippen LogP contribution in [0.3, 0.4) is 0 Å². The number of nitrogens with two attached hydrogens (primary N) is 1. The van der Waals surface area contributed by atoms with Crippen LogP contribution in [0.2, 0.25) is 0 Å². The van der Waals surface area contributed by atoms with Gasteiger partial charge in [0.1, 0.15) is 11.4 Å². The van der Waals surface area contributed by atoms with E-state index >= 15 is 0 Å². The van der Waals surface area contributed by atoms with Crippen LogP contribution < -0.4 is 11.2 Å². The first-order valence-electron chi connectivity index (χ1n) is 4.35. The normalized spacial score (nSPS) is 20.4. The summed E-state index contributed by atoms with van der Waals surface area (Å²) in [6.07, 6.45) is 5.16. The van der Waals surface area contributed by atoms with Crippen molar-refractivity contribution >= 4 is 0 Å². The van der Waals surface area contributed by atoms with Crippen molar-refractivity contribution in [1.82, 2.24) is 15.4 Å². The Morgan fingerprint density at radius 2 is 2.50 bits per heavy atom. The number of rotatable bonds is 2. The minimum absolute atomic E-state index is 0.152. The Morgan fingerprint density at radius 3 is 3.14 bits per heavy atom. The van der Waals surface area contributed by atoms with Crippen LogP contribution in [0.4, 0.5) is 0 Å².